The third-order valence-corrected chi connectivity index (χ3v) is 5.86. The van der Waals surface area contributed by atoms with E-state index in [1.165, 1.54) is 16.1 Å². The number of nitrogens with zero attached hydrogens (tertiary/aromatic N) is 4. The Kier molecular flexibility index (Phi) is 5.06. The maximum Gasteiger partial charge on any atom is 0.236 e. The van der Waals surface area contributed by atoms with E-state index in [0.29, 0.717) is 19.1 Å². The molecule has 0 unspecified atom stereocenters. The van der Waals surface area contributed by atoms with Gasteiger partial charge in [0.25, 0.3) is 0 Å². The molecule has 2 aromatic rings. The van der Waals surface area contributed by atoms with E-state index in [1.54, 1.807) is 11.3 Å². The minimum atomic E-state index is 0.189. The van der Waals surface area contributed by atoms with E-state index in [-0.39, 0.29) is 5.91 Å². The van der Waals surface area contributed by atoms with E-state index >= 15 is 0 Å². The van der Waals surface area contributed by atoms with E-state index in [1.807, 2.05) is 29.7 Å². The van der Waals surface area contributed by atoms with E-state index in [4.69, 9.17) is 0 Å². The molecule has 0 N–H and O–H groups in total. The Bertz CT molecular complexity index is 707. The number of hydrogen-bond donors (Lipinski definition) is 0. The van der Waals surface area contributed by atoms with Gasteiger partial charge in [0, 0.05) is 36.3 Å². The Morgan fingerprint density at radius 3 is 2.88 bits per heavy atom. The summed E-state index contributed by atoms with van der Waals surface area (Å²) in [7, 11) is 3.89. The summed E-state index contributed by atoms with van der Waals surface area (Å²) in [5.41, 5.74) is 3.61. The zero-order valence-electron chi connectivity index (χ0n) is 15.0. The third kappa shape index (κ3) is 3.39. The number of amides is 1. The second-order valence-corrected chi connectivity index (χ2v) is 7.70. The van der Waals surface area contributed by atoms with Crippen molar-refractivity contribution in [1.29, 1.82) is 0 Å². The van der Waals surface area contributed by atoms with Gasteiger partial charge in [-0.05, 0) is 44.7 Å². The molecule has 1 atom stereocenters. The molecule has 1 aliphatic heterocycles. The summed E-state index contributed by atoms with van der Waals surface area (Å²) in [5.74, 6) is 0.189. The Balaban J connectivity index is 1.68. The SMILES string of the molecule is Cc1nn(C)c(C)c1[C@H]1CCCN1CC(=O)N(C)Cc1cccs1. The first-order chi connectivity index (χ1) is 11.5. The Labute approximate surface area is 147 Å². The van der Waals surface area contributed by atoms with E-state index in [2.05, 4.69) is 35.3 Å². The van der Waals surface area contributed by atoms with Crippen LogP contribution in [0.4, 0.5) is 0 Å². The van der Waals surface area contributed by atoms with Crippen molar-refractivity contribution in [2.24, 2.45) is 7.05 Å². The smallest absolute Gasteiger partial charge is 0.236 e. The van der Waals surface area contributed by atoms with Crippen LogP contribution in [-0.4, -0.2) is 45.6 Å². The van der Waals surface area contributed by atoms with Crippen molar-refractivity contribution in [1.82, 2.24) is 19.6 Å². The van der Waals surface area contributed by atoms with Crippen LogP contribution in [0.5, 0.6) is 0 Å². The summed E-state index contributed by atoms with van der Waals surface area (Å²) >= 11 is 1.70. The number of carbonyl (C=O) groups excluding carboxylic acids is 1. The van der Waals surface area contributed by atoms with Crippen LogP contribution in [-0.2, 0) is 18.4 Å². The number of thiophene rings is 1. The number of hydrogen-bond acceptors (Lipinski definition) is 4. The van der Waals surface area contributed by atoms with Crippen molar-refractivity contribution in [3.05, 3.63) is 39.3 Å². The first-order valence-electron chi connectivity index (χ1n) is 8.48. The molecule has 24 heavy (non-hydrogen) atoms. The number of aromatic nitrogens is 2. The monoisotopic (exact) mass is 346 g/mol. The zero-order chi connectivity index (χ0) is 17.3. The molecule has 1 saturated heterocycles. The van der Waals surface area contributed by atoms with E-state index in [0.717, 1.165) is 25.1 Å². The van der Waals surface area contributed by atoms with Crippen LogP contribution in [0.1, 0.15) is 40.7 Å². The molecule has 0 spiro atoms. The summed E-state index contributed by atoms with van der Waals surface area (Å²) in [5, 5.41) is 6.60. The van der Waals surface area contributed by atoms with Crippen molar-refractivity contribution in [3.63, 3.8) is 0 Å². The van der Waals surface area contributed by atoms with Gasteiger partial charge in [-0.1, -0.05) is 6.07 Å². The van der Waals surface area contributed by atoms with Gasteiger partial charge in [0.1, 0.15) is 0 Å². The quantitative estimate of drug-likeness (QED) is 0.836. The molecular weight excluding hydrogens is 320 g/mol. The van der Waals surface area contributed by atoms with Gasteiger partial charge in [-0.2, -0.15) is 5.10 Å². The van der Waals surface area contributed by atoms with Gasteiger partial charge in [0.2, 0.25) is 5.91 Å². The molecule has 3 rings (SSSR count). The summed E-state index contributed by atoms with van der Waals surface area (Å²) in [6.45, 7) is 6.36. The molecule has 2 aromatic heterocycles. The predicted octanol–water partition coefficient (Wildman–Crippen LogP) is 2.89. The van der Waals surface area contributed by atoms with Crippen LogP contribution < -0.4 is 0 Å². The molecule has 6 heteroatoms. The first kappa shape index (κ1) is 17.2. The van der Waals surface area contributed by atoms with Gasteiger partial charge < -0.3 is 4.90 Å². The fourth-order valence-electron chi connectivity index (χ4n) is 3.63. The lowest BCUT2D eigenvalue weighted by Gasteiger charge is -2.27. The summed E-state index contributed by atoms with van der Waals surface area (Å²) in [4.78, 5) is 18.0. The highest BCUT2D eigenvalue weighted by atomic mass is 32.1. The highest BCUT2D eigenvalue weighted by molar-refractivity contribution is 7.09. The van der Waals surface area contributed by atoms with Gasteiger partial charge in [0.05, 0.1) is 18.8 Å². The van der Waals surface area contributed by atoms with Gasteiger partial charge in [-0.15, -0.1) is 11.3 Å². The minimum Gasteiger partial charge on any atom is -0.340 e. The van der Waals surface area contributed by atoms with Crippen molar-refractivity contribution < 1.29 is 4.79 Å². The van der Waals surface area contributed by atoms with Crippen LogP contribution in [0.3, 0.4) is 0 Å². The maximum absolute atomic E-state index is 12.6. The summed E-state index contributed by atoms with van der Waals surface area (Å²) < 4.78 is 1.95. The first-order valence-corrected chi connectivity index (χ1v) is 9.36. The van der Waals surface area contributed by atoms with Crippen molar-refractivity contribution >= 4 is 17.2 Å². The van der Waals surface area contributed by atoms with E-state index < -0.39 is 0 Å². The second-order valence-electron chi connectivity index (χ2n) is 6.67. The van der Waals surface area contributed by atoms with Crippen LogP contribution in [0.15, 0.2) is 17.5 Å². The normalized spacial score (nSPS) is 18.2. The van der Waals surface area contributed by atoms with Gasteiger partial charge >= 0.3 is 0 Å². The van der Waals surface area contributed by atoms with E-state index in [9.17, 15) is 4.79 Å². The second kappa shape index (κ2) is 7.07. The Hall–Kier alpha value is -1.66. The van der Waals surface area contributed by atoms with Gasteiger partial charge in [-0.25, -0.2) is 0 Å². The summed E-state index contributed by atoms with van der Waals surface area (Å²) in [6.07, 6.45) is 2.25. The summed E-state index contributed by atoms with van der Waals surface area (Å²) in [6, 6.07) is 4.43. The van der Waals surface area contributed by atoms with Gasteiger partial charge in [0.15, 0.2) is 0 Å². The molecule has 3 heterocycles. The van der Waals surface area contributed by atoms with Crippen LogP contribution in [0, 0.1) is 13.8 Å². The largest absolute Gasteiger partial charge is 0.340 e. The maximum atomic E-state index is 12.6. The Morgan fingerprint density at radius 1 is 1.46 bits per heavy atom. The van der Waals surface area contributed by atoms with Gasteiger partial charge in [-0.3, -0.25) is 14.4 Å². The zero-order valence-corrected chi connectivity index (χ0v) is 15.8. The third-order valence-electron chi connectivity index (χ3n) is 5.00. The van der Waals surface area contributed by atoms with Crippen molar-refractivity contribution in [3.8, 4) is 0 Å². The fourth-order valence-corrected chi connectivity index (χ4v) is 4.39. The average Bonchev–Trinajstić information content (AvgIpc) is 3.23. The minimum absolute atomic E-state index is 0.189. The Morgan fingerprint density at radius 2 is 2.25 bits per heavy atom. The highest BCUT2D eigenvalue weighted by Crippen LogP contribution is 2.35. The predicted molar refractivity (Wildman–Crippen MR) is 97.0 cm³/mol. The molecular formula is C18H26N4OS. The molecule has 1 fully saturated rings. The molecule has 5 nitrogen and oxygen atoms in total. The molecule has 0 saturated carbocycles. The molecule has 1 amide bonds. The molecule has 1 aliphatic rings. The van der Waals surface area contributed by atoms with Crippen molar-refractivity contribution in [2.75, 3.05) is 20.1 Å². The number of rotatable bonds is 5. The topological polar surface area (TPSA) is 41.4 Å². The number of carbonyl (C=O) groups is 1. The standard InChI is InChI=1S/C18H26N4OS/c1-13-18(14(2)21(4)19-13)16-8-5-9-22(16)12-17(23)20(3)11-15-7-6-10-24-15/h6-7,10,16H,5,8-9,11-12H2,1-4H3/t16-/m1/s1. The fraction of sp³-hybridized carbons (Fsp3) is 0.556. The number of likely N-dealkylation sites (N-methyl/N-ethyl adjacent to an activating group) is 1. The van der Waals surface area contributed by atoms with Crippen LogP contribution in [0.2, 0.25) is 0 Å². The lowest BCUT2D eigenvalue weighted by Crippen LogP contribution is -2.38. The molecule has 0 aliphatic carbocycles. The van der Waals surface area contributed by atoms with Crippen LogP contribution >= 0.6 is 11.3 Å². The highest BCUT2D eigenvalue weighted by Gasteiger charge is 2.32. The average molecular weight is 346 g/mol. The lowest BCUT2D eigenvalue weighted by atomic mass is 10.0. The number of likely N-dealkylation sites (tertiary alicyclic amines) is 1. The molecule has 0 bridgehead atoms. The molecule has 0 aromatic carbocycles. The van der Waals surface area contributed by atoms with Crippen LogP contribution in [0.25, 0.3) is 0 Å². The molecule has 0 radical (unpaired) electrons. The lowest BCUT2D eigenvalue weighted by molar-refractivity contribution is -0.131. The number of aryl methyl sites for hydroxylation is 2. The van der Waals surface area contributed by atoms with Crippen molar-refractivity contribution in [2.45, 2.75) is 39.3 Å². The molecule has 130 valence electrons.